The van der Waals surface area contributed by atoms with E-state index in [9.17, 15) is 13.2 Å². The molecule has 112 valence electrons. The van der Waals surface area contributed by atoms with Gasteiger partial charge in [0, 0.05) is 11.9 Å². The smallest absolute Gasteiger partial charge is 0.307 e. The average molecular weight is 294 g/mol. The molecule has 0 saturated heterocycles. The summed E-state index contributed by atoms with van der Waals surface area (Å²) >= 11 is 0. The van der Waals surface area contributed by atoms with E-state index in [0.717, 1.165) is 17.3 Å². The van der Waals surface area contributed by atoms with Gasteiger partial charge < -0.3 is 5.32 Å². The van der Waals surface area contributed by atoms with Crippen LogP contribution >= 0.6 is 0 Å². The molecule has 0 aliphatic heterocycles. The number of nitrogens with one attached hydrogen (secondary N) is 1. The summed E-state index contributed by atoms with van der Waals surface area (Å²) in [6, 6.07) is 8.72. The molecule has 2 rings (SSSR count). The summed E-state index contributed by atoms with van der Waals surface area (Å²) in [6.45, 7) is 4.26. The number of rotatable bonds is 4. The molecule has 1 atom stereocenters. The van der Waals surface area contributed by atoms with Gasteiger partial charge in [-0.25, -0.2) is 0 Å². The Balaban J connectivity index is 2.54. The molecule has 21 heavy (non-hydrogen) atoms. The van der Waals surface area contributed by atoms with Crippen LogP contribution in [0.25, 0.3) is 0 Å². The lowest BCUT2D eigenvalue weighted by atomic mass is 9.94. The van der Waals surface area contributed by atoms with E-state index in [1.165, 1.54) is 12.1 Å². The van der Waals surface area contributed by atoms with Crippen molar-refractivity contribution in [2.45, 2.75) is 26.1 Å². The number of hydrogen-bond acceptors (Lipinski definition) is 2. The third kappa shape index (κ3) is 3.61. The van der Waals surface area contributed by atoms with Gasteiger partial charge in [0.1, 0.15) is 0 Å². The van der Waals surface area contributed by atoms with Crippen molar-refractivity contribution in [3.05, 3.63) is 65.0 Å². The SMILES string of the molecule is CCNC(c1ccnc(C)c1)c1ccccc1C(F)(F)F. The molecule has 0 radical (unpaired) electrons. The highest BCUT2D eigenvalue weighted by atomic mass is 19.4. The van der Waals surface area contributed by atoms with Gasteiger partial charge in [-0.15, -0.1) is 0 Å². The average Bonchev–Trinajstić information content (AvgIpc) is 2.44. The first kappa shape index (κ1) is 15.5. The summed E-state index contributed by atoms with van der Waals surface area (Å²) in [7, 11) is 0. The Labute approximate surface area is 122 Å². The summed E-state index contributed by atoms with van der Waals surface area (Å²) in [5, 5.41) is 3.13. The molecule has 0 fully saturated rings. The largest absolute Gasteiger partial charge is 0.416 e. The van der Waals surface area contributed by atoms with Crippen LogP contribution in [0.4, 0.5) is 13.2 Å². The quantitative estimate of drug-likeness (QED) is 0.918. The first-order valence-electron chi connectivity index (χ1n) is 6.75. The number of benzene rings is 1. The number of nitrogens with zero attached hydrogens (tertiary/aromatic N) is 1. The van der Waals surface area contributed by atoms with Gasteiger partial charge in [0.15, 0.2) is 0 Å². The first-order chi connectivity index (χ1) is 9.93. The van der Waals surface area contributed by atoms with E-state index in [1.54, 1.807) is 24.4 Å². The molecule has 1 aromatic heterocycles. The predicted octanol–water partition coefficient (Wildman–Crippen LogP) is 4.11. The number of pyridine rings is 1. The molecule has 0 saturated carbocycles. The topological polar surface area (TPSA) is 24.9 Å². The zero-order chi connectivity index (χ0) is 15.5. The lowest BCUT2D eigenvalue weighted by Crippen LogP contribution is -2.25. The van der Waals surface area contributed by atoms with Crippen LogP contribution in [0.3, 0.4) is 0 Å². The standard InChI is InChI=1S/C16H17F3N2/c1-3-20-15(12-8-9-21-11(2)10-12)13-6-4-5-7-14(13)16(17,18)19/h4-10,15,20H,3H2,1-2H3. The highest BCUT2D eigenvalue weighted by molar-refractivity contribution is 5.39. The molecule has 1 unspecified atom stereocenters. The van der Waals surface area contributed by atoms with Gasteiger partial charge in [-0.05, 0) is 42.8 Å². The van der Waals surface area contributed by atoms with Gasteiger partial charge in [-0.1, -0.05) is 25.1 Å². The number of halogens is 3. The first-order valence-corrected chi connectivity index (χ1v) is 6.75. The van der Waals surface area contributed by atoms with Crippen molar-refractivity contribution in [3.8, 4) is 0 Å². The second-order valence-corrected chi connectivity index (χ2v) is 4.81. The van der Waals surface area contributed by atoms with Crippen molar-refractivity contribution in [1.82, 2.24) is 10.3 Å². The van der Waals surface area contributed by atoms with E-state index in [2.05, 4.69) is 10.3 Å². The highest BCUT2D eigenvalue weighted by Crippen LogP contribution is 2.36. The van der Waals surface area contributed by atoms with Crippen molar-refractivity contribution in [2.75, 3.05) is 6.54 Å². The van der Waals surface area contributed by atoms with E-state index in [0.29, 0.717) is 6.54 Å². The lowest BCUT2D eigenvalue weighted by Gasteiger charge is -2.23. The van der Waals surface area contributed by atoms with Gasteiger partial charge in [-0.3, -0.25) is 4.98 Å². The molecule has 1 heterocycles. The normalized spacial score (nSPS) is 13.2. The fraction of sp³-hybridized carbons (Fsp3) is 0.312. The van der Waals surface area contributed by atoms with Crippen LogP contribution in [-0.4, -0.2) is 11.5 Å². The highest BCUT2D eigenvalue weighted by Gasteiger charge is 2.35. The van der Waals surface area contributed by atoms with E-state index in [-0.39, 0.29) is 5.56 Å². The zero-order valence-electron chi connectivity index (χ0n) is 11.9. The van der Waals surface area contributed by atoms with E-state index in [1.807, 2.05) is 13.8 Å². The minimum atomic E-state index is -4.37. The van der Waals surface area contributed by atoms with E-state index < -0.39 is 17.8 Å². The maximum atomic E-state index is 13.2. The molecule has 2 aromatic rings. The lowest BCUT2D eigenvalue weighted by molar-refractivity contribution is -0.138. The Bertz CT molecular complexity index is 608. The maximum Gasteiger partial charge on any atom is 0.416 e. The molecule has 1 aromatic carbocycles. The van der Waals surface area contributed by atoms with Crippen LogP contribution in [0.2, 0.25) is 0 Å². The van der Waals surface area contributed by atoms with E-state index >= 15 is 0 Å². The number of aromatic nitrogens is 1. The molecule has 0 aliphatic rings. The summed E-state index contributed by atoms with van der Waals surface area (Å²) in [5.41, 5.74) is 1.18. The van der Waals surface area contributed by atoms with Gasteiger partial charge in [0.05, 0.1) is 11.6 Å². The van der Waals surface area contributed by atoms with Crippen LogP contribution in [0.1, 0.15) is 35.3 Å². The molecule has 0 aliphatic carbocycles. The monoisotopic (exact) mass is 294 g/mol. The Morgan fingerprint density at radius 1 is 1.19 bits per heavy atom. The molecule has 0 amide bonds. The molecule has 0 bridgehead atoms. The maximum absolute atomic E-state index is 13.2. The van der Waals surface area contributed by atoms with Crippen molar-refractivity contribution in [2.24, 2.45) is 0 Å². The number of aryl methyl sites for hydroxylation is 1. The third-order valence-electron chi connectivity index (χ3n) is 3.24. The second-order valence-electron chi connectivity index (χ2n) is 4.81. The van der Waals surface area contributed by atoms with Crippen LogP contribution in [0.15, 0.2) is 42.6 Å². The third-order valence-corrected chi connectivity index (χ3v) is 3.24. The van der Waals surface area contributed by atoms with Gasteiger partial charge in [-0.2, -0.15) is 13.2 Å². The second kappa shape index (κ2) is 6.26. The van der Waals surface area contributed by atoms with Crippen molar-refractivity contribution in [1.29, 1.82) is 0 Å². The summed E-state index contributed by atoms with van der Waals surface area (Å²) in [6.07, 6.45) is -2.75. The molecule has 0 spiro atoms. The van der Waals surface area contributed by atoms with Crippen LogP contribution < -0.4 is 5.32 Å². The molecular weight excluding hydrogens is 277 g/mol. The predicted molar refractivity (Wildman–Crippen MR) is 75.9 cm³/mol. The van der Waals surface area contributed by atoms with Crippen LogP contribution in [0.5, 0.6) is 0 Å². The molecular formula is C16H17F3N2. The van der Waals surface area contributed by atoms with Crippen molar-refractivity contribution < 1.29 is 13.2 Å². The Morgan fingerprint density at radius 2 is 1.90 bits per heavy atom. The number of hydrogen-bond donors (Lipinski definition) is 1. The minimum absolute atomic E-state index is 0.234. The molecule has 1 N–H and O–H groups in total. The fourth-order valence-electron chi connectivity index (χ4n) is 2.37. The Kier molecular flexibility index (Phi) is 4.63. The fourth-order valence-corrected chi connectivity index (χ4v) is 2.37. The number of alkyl halides is 3. The molecule has 2 nitrogen and oxygen atoms in total. The van der Waals surface area contributed by atoms with Gasteiger partial charge >= 0.3 is 6.18 Å². The summed E-state index contributed by atoms with van der Waals surface area (Å²) < 4.78 is 39.6. The van der Waals surface area contributed by atoms with Crippen molar-refractivity contribution in [3.63, 3.8) is 0 Å². The molecule has 5 heteroatoms. The van der Waals surface area contributed by atoms with Crippen molar-refractivity contribution >= 4 is 0 Å². The minimum Gasteiger partial charge on any atom is -0.307 e. The Morgan fingerprint density at radius 3 is 2.52 bits per heavy atom. The summed E-state index contributed by atoms with van der Waals surface area (Å²) in [4.78, 5) is 4.10. The zero-order valence-corrected chi connectivity index (χ0v) is 11.9. The summed E-state index contributed by atoms with van der Waals surface area (Å²) in [5.74, 6) is 0. The van der Waals surface area contributed by atoms with Crippen LogP contribution in [-0.2, 0) is 6.18 Å². The van der Waals surface area contributed by atoms with Gasteiger partial charge in [0.2, 0.25) is 0 Å². The van der Waals surface area contributed by atoms with Gasteiger partial charge in [0.25, 0.3) is 0 Å². The van der Waals surface area contributed by atoms with E-state index in [4.69, 9.17) is 0 Å². The van der Waals surface area contributed by atoms with Crippen LogP contribution in [0, 0.1) is 6.92 Å². The Hall–Kier alpha value is -1.88.